The second-order valence-corrected chi connectivity index (χ2v) is 8.59. The largest absolute Gasteiger partial charge is 0.426 e. The van der Waals surface area contributed by atoms with Gasteiger partial charge in [-0.15, -0.1) is 0 Å². The molecule has 0 spiro atoms. The van der Waals surface area contributed by atoms with E-state index in [1.54, 1.807) is 26.0 Å². The summed E-state index contributed by atoms with van der Waals surface area (Å²) < 4.78 is 38.5. The summed E-state index contributed by atoms with van der Waals surface area (Å²) in [6.45, 7) is 5.29. The molecule has 0 bridgehead atoms. The molecule has 0 amide bonds. The molecule has 0 saturated heterocycles. The number of allylic oxidation sites excluding steroid dienone is 2. The number of hydrogen-bond acceptors (Lipinski definition) is 2. The highest BCUT2D eigenvalue weighted by molar-refractivity contribution is 6.30. The number of nitrogens with zero attached hydrogens (tertiary/aromatic N) is 1. The van der Waals surface area contributed by atoms with Crippen molar-refractivity contribution >= 4 is 17.4 Å². The summed E-state index contributed by atoms with van der Waals surface area (Å²) in [6, 6.07) is 17.1. The molecular formula is C24H21ClF3NO. The lowest BCUT2D eigenvalue weighted by Crippen LogP contribution is -2.17. The van der Waals surface area contributed by atoms with E-state index < -0.39 is 34.4 Å². The number of carbonyl (C=O) groups is 1. The van der Waals surface area contributed by atoms with Crippen LogP contribution in [0, 0.1) is 35.5 Å². The molecule has 2 aromatic rings. The van der Waals surface area contributed by atoms with Crippen LogP contribution >= 0.6 is 11.6 Å². The van der Waals surface area contributed by atoms with Crippen LogP contribution in [-0.4, -0.2) is 12.0 Å². The lowest BCUT2D eigenvalue weighted by molar-refractivity contribution is -0.121. The molecule has 156 valence electrons. The monoisotopic (exact) mass is 431 g/mol. The number of halogens is 4. The van der Waals surface area contributed by atoms with E-state index in [2.05, 4.69) is 6.07 Å². The minimum Gasteiger partial charge on any atom is -0.297 e. The Morgan fingerprint density at radius 2 is 1.80 bits per heavy atom. The maximum Gasteiger partial charge on any atom is 0.426 e. The molecule has 1 fully saturated rings. The van der Waals surface area contributed by atoms with Crippen molar-refractivity contribution in [2.75, 3.05) is 0 Å². The first-order valence-electron chi connectivity index (χ1n) is 9.53. The molecule has 2 nitrogen and oxygen atoms in total. The van der Waals surface area contributed by atoms with Gasteiger partial charge in [-0.05, 0) is 40.5 Å². The van der Waals surface area contributed by atoms with E-state index in [1.807, 2.05) is 43.3 Å². The molecule has 0 aliphatic heterocycles. The highest BCUT2D eigenvalue weighted by Gasteiger charge is 2.62. The van der Waals surface area contributed by atoms with Gasteiger partial charge in [0.25, 0.3) is 0 Å². The Labute approximate surface area is 179 Å². The van der Waals surface area contributed by atoms with E-state index in [0.717, 1.165) is 22.8 Å². The first-order valence-corrected chi connectivity index (χ1v) is 9.90. The minimum absolute atomic E-state index is 0.372. The Hall–Kier alpha value is -2.58. The zero-order valence-electron chi connectivity index (χ0n) is 16.8. The Morgan fingerprint density at radius 1 is 1.17 bits per heavy atom. The van der Waals surface area contributed by atoms with E-state index >= 15 is 0 Å². The zero-order valence-corrected chi connectivity index (χ0v) is 17.6. The van der Waals surface area contributed by atoms with Gasteiger partial charge in [0, 0.05) is 5.92 Å². The van der Waals surface area contributed by atoms with Gasteiger partial charge in [-0.1, -0.05) is 80.1 Å². The Kier molecular flexibility index (Phi) is 5.84. The fourth-order valence-electron chi connectivity index (χ4n) is 4.15. The quantitative estimate of drug-likeness (QED) is 0.522. The Balaban J connectivity index is 1.94. The lowest BCUT2D eigenvalue weighted by atomic mass is 9.85. The SMILES string of the molecule is Cc1c(-c2ccccc2)cccc1C(C#N)C(=O)C1C(C=C(Cl)C(F)(F)F)C1(C)C. The van der Waals surface area contributed by atoms with Gasteiger partial charge in [-0.3, -0.25) is 4.79 Å². The molecule has 3 atom stereocenters. The number of Topliss-reactive ketones (excluding diaryl/α,β-unsaturated/α-hetero) is 1. The van der Waals surface area contributed by atoms with Gasteiger partial charge in [0.1, 0.15) is 11.0 Å². The van der Waals surface area contributed by atoms with Crippen LogP contribution in [0.1, 0.15) is 30.9 Å². The van der Waals surface area contributed by atoms with Crippen LogP contribution in [0.4, 0.5) is 13.2 Å². The average Bonchev–Trinajstić information content (AvgIpc) is 3.23. The van der Waals surface area contributed by atoms with Crippen molar-refractivity contribution in [1.29, 1.82) is 5.26 Å². The van der Waals surface area contributed by atoms with Crippen molar-refractivity contribution in [3.8, 4) is 17.2 Å². The number of carbonyl (C=O) groups excluding carboxylic acids is 1. The summed E-state index contributed by atoms with van der Waals surface area (Å²) in [6.07, 6.45) is -3.74. The molecule has 1 aliphatic rings. The summed E-state index contributed by atoms with van der Waals surface area (Å²) >= 11 is 5.39. The Morgan fingerprint density at radius 3 is 2.37 bits per heavy atom. The molecule has 3 unspecified atom stereocenters. The molecule has 3 rings (SSSR count). The standard InChI is InChI=1S/C24H21ClF3NO/c1-14-16(15-8-5-4-6-9-15)10-7-11-17(14)18(13-29)22(30)21-19(23(21,2)3)12-20(25)24(26,27)28/h4-12,18-19,21H,1-3H3. The van der Waals surface area contributed by atoms with Crippen LogP contribution in [-0.2, 0) is 4.79 Å². The predicted molar refractivity (Wildman–Crippen MR) is 111 cm³/mol. The van der Waals surface area contributed by atoms with Crippen molar-refractivity contribution in [2.24, 2.45) is 17.3 Å². The minimum atomic E-state index is -4.65. The zero-order chi connectivity index (χ0) is 22.3. The summed E-state index contributed by atoms with van der Waals surface area (Å²) in [7, 11) is 0. The second-order valence-electron chi connectivity index (χ2n) is 8.19. The molecule has 1 saturated carbocycles. The number of alkyl halides is 3. The van der Waals surface area contributed by atoms with E-state index in [4.69, 9.17) is 11.6 Å². The van der Waals surface area contributed by atoms with E-state index in [0.29, 0.717) is 5.56 Å². The number of ketones is 1. The Bertz CT molecular complexity index is 1030. The third-order valence-electron chi connectivity index (χ3n) is 6.00. The first-order chi connectivity index (χ1) is 14.0. The molecule has 2 aromatic carbocycles. The molecule has 6 heteroatoms. The van der Waals surface area contributed by atoms with Crippen LogP contribution in [0.2, 0.25) is 0 Å². The summed E-state index contributed by atoms with van der Waals surface area (Å²) in [4.78, 5) is 13.2. The maximum atomic E-state index is 13.2. The molecule has 30 heavy (non-hydrogen) atoms. The topological polar surface area (TPSA) is 40.9 Å². The van der Waals surface area contributed by atoms with Gasteiger partial charge in [0.2, 0.25) is 0 Å². The van der Waals surface area contributed by atoms with Gasteiger partial charge < -0.3 is 0 Å². The fourth-order valence-corrected chi connectivity index (χ4v) is 4.28. The summed E-state index contributed by atoms with van der Waals surface area (Å²) in [5.74, 6) is -2.78. The third kappa shape index (κ3) is 4.02. The summed E-state index contributed by atoms with van der Waals surface area (Å²) in [5, 5.41) is 8.56. The van der Waals surface area contributed by atoms with E-state index in [9.17, 15) is 23.2 Å². The summed E-state index contributed by atoms with van der Waals surface area (Å²) in [5.41, 5.74) is 2.57. The van der Waals surface area contributed by atoms with Gasteiger partial charge >= 0.3 is 6.18 Å². The van der Waals surface area contributed by atoms with Crippen LogP contribution < -0.4 is 0 Å². The molecule has 0 radical (unpaired) electrons. The van der Waals surface area contributed by atoms with E-state index in [1.165, 1.54) is 0 Å². The predicted octanol–water partition coefficient (Wildman–Crippen LogP) is 6.80. The maximum absolute atomic E-state index is 13.2. The highest BCUT2D eigenvalue weighted by atomic mass is 35.5. The third-order valence-corrected chi connectivity index (χ3v) is 6.34. The smallest absolute Gasteiger partial charge is 0.297 e. The van der Waals surface area contributed by atoms with Crippen molar-refractivity contribution in [3.05, 3.63) is 70.8 Å². The van der Waals surface area contributed by atoms with Crippen LogP contribution in [0.3, 0.4) is 0 Å². The van der Waals surface area contributed by atoms with Crippen molar-refractivity contribution in [2.45, 2.75) is 32.9 Å². The van der Waals surface area contributed by atoms with Crippen molar-refractivity contribution in [1.82, 2.24) is 0 Å². The van der Waals surface area contributed by atoms with Crippen molar-refractivity contribution in [3.63, 3.8) is 0 Å². The van der Waals surface area contributed by atoms with E-state index in [-0.39, 0.29) is 5.78 Å². The van der Waals surface area contributed by atoms with Gasteiger partial charge in [-0.2, -0.15) is 18.4 Å². The molecule has 0 heterocycles. The van der Waals surface area contributed by atoms with Crippen LogP contribution in [0.25, 0.3) is 11.1 Å². The normalized spacial score (nSPS) is 21.6. The highest BCUT2D eigenvalue weighted by Crippen LogP contribution is 2.61. The second kappa shape index (κ2) is 7.92. The molecular weight excluding hydrogens is 411 g/mol. The average molecular weight is 432 g/mol. The molecule has 1 aliphatic carbocycles. The number of rotatable bonds is 5. The molecule has 0 N–H and O–H groups in total. The van der Waals surface area contributed by atoms with Crippen LogP contribution in [0.15, 0.2) is 59.6 Å². The number of benzene rings is 2. The van der Waals surface area contributed by atoms with Crippen LogP contribution in [0.5, 0.6) is 0 Å². The number of hydrogen-bond donors (Lipinski definition) is 0. The number of nitriles is 1. The van der Waals surface area contributed by atoms with Gasteiger partial charge in [0.15, 0.2) is 5.78 Å². The fraction of sp³-hybridized carbons (Fsp3) is 0.333. The molecule has 0 aromatic heterocycles. The van der Waals surface area contributed by atoms with Crippen molar-refractivity contribution < 1.29 is 18.0 Å². The first kappa shape index (κ1) is 22.1. The van der Waals surface area contributed by atoms with Gasteiger partial charge in [0.05, 0.1) is 6.07 Å². The van der Waals surface area contributed by atoms with Gasteiger partial charge in [-0.25, -0.2) is 0 Å². The lowest BCUT2D eigenvalue weighted by Gasteiger charge is -2.16.